The van der Waals surface area contributed by atoms with Gasteiger partial charge in [-0.1, -0.05) is 32.9 Å². The Labute approximate surface area is 90.1 Å². The van der Waals surface area contributed by atoms with Gasteiger partial charge in [-0.15, -0.1) is 11.6 Å². The summed E-state index contributed by atoms with van der Waals surface area (Å²) in [6, 6.07) is 6.62. The molecule has 0 heterocycles. The zero-order valence-electron chi connectivity index (χ0n) is 8.85. The van der Waals surface area contributed by atoms with Crippen LogP contribution in [0, 0.1) is 11.2 Å². The van der Waals surface area contributed by atoms with Gasteiger partial charge in [0.1, 0.15) is 5.82 Å². The number of alkyl halides is 1. The maximum absolute atomic E-state index is 12.9. The fraction of sp³-hybridized carbons (Fsp3) is 0.500. The first-order valence-corrected chi connectivity index (χ1v) is 5.22. The molecule has 1 unspecified atom stereocenters. The molecule has 0 radical (unpaired) electrons. The Bertz CT molecular complexity index is 301. The van der Waals surface area contributed by atoms with Crippen molar-refractivity contribution in [3.8, 4) is 0 Å². The molecule has 0 bridgehead atoms. The minimum Gasteiger partial charge on any atom is -0.207 e. The van der Waals surface area contributed by atoms with Crippen LogP contribution in [0.1, 0.15) is 26.3 Å². The van der Waals surface area contributed by atoms with E-state index >= 15 is 0 Å². The van der Waals surface area contributed by atoms with E-state index in [0.29, 0.717) is 6.42 Å². The first-order valence-electron chi connectivity index (χ1n) is 4.78. The van der Waals surface area contributed by atoms with Gasteiger partial charge in [0, 0.05) is 5.38 Å². The summed E-state index contributed by atoms with van der Waals surface area (Å²) >= 11 is 6.22. The lowest BCUT2D eigenvalue weighted by molar-refractivity contribution is 0.386. The van der Waals surface area contributed by atoms with Gasteiger partial charge in [-0.25, -0.2) is 4.39 Å². The summed E-state index contributed by atoms with van der Waals surface area (Å²) in [5, 5.41) is 0.0318. The van der Waals surface area contributed by atoms with Gasteiger partial charge in [-0.2, -0.15) is 0 Å². The highest BCUT2D eigenvalue weighted by Crippen LogP contribution is 2.27. The molecule has 1 rings (SSSR count). The van der Waals surface area contributed by atoms with Crippen LogP contribution in [0.4, 0.5) is 4.39 Å². The molecule has 14 heavy (non-hydrogen) atoms. The van der Waals surface area contributed by atoms with Crippen molar-refractivity contribution in [2.75, 3.05) is 0 Å². The summed E-state index contributed by atoms with van der Waals surface area (Å²) in [5.74, 6) is -0.194. The van der Waals surface area contributed by atoms with Crippen LogP contribution in [-0.4, -0.2) is 5.38 Å². The number of hydrogen-bond donors (Lipinski definition) is 0. The maximum atomic E-state index is 12.9. The second kappa shape index (κ2) is 4.31. The number of halogens is 2. The molecule has 78 valence electrons. The predicted octanol–water partition coefficient (Wildman–Crippen LogP) is 4.02. The molecule has 0 amide bonds. The van der Waals surface area contributed by atoms with Crippen LogP contribution in [0.5, 0.6) is 0 Å². The smallest absolute Gasteiger partial charge is 0.123 e. The summed E-state index contributed by atoms with van der Waals surface area (Å²) in [7, 11) is 0. The molecule has 0 saturated carbocycles. The van der Waals surface area contributed by atoms with E-state index in [4.69, 9.17) is 11.6 Å². The zero-order valence-corrected chi connectivity index (χ0v) is 9.61. The molecule has 1 aromatic rings. The predicted molar refractivity (Wildman–Crippen MR) is 59.2 cm³/mol. The molecular formula is C12H16ClF. The van der Waals surface area contributed by atoms with Crippen molar-refractivity contribution in [3.63, 3.8) is 0 Å². The lowest BCUT2D eigenvalue weighted by Gasteiger charge is -2.25. The summed E-state index contributed by atoms with van der Waals surface area (Å²) < 4.78 is 12.9. The van der Waals surface area contributed by atoms with Crippen LogP contribution >= 0.6 is 11.6 Å². The third kappa shape index (κ3) is 3.30. The van der Waals surface area contributed by atoms with Crippen molar-refractivity contribution < 1.29 is 4.39 Å². The molecule has 0 aliphatic rings. The molecule has 2 heteroatoms. The molecule has 0 aliphatic heterocycles. The van der Waals surface area contributed by atoms with Crippen molar-refractivity contribution in [1.82, 2.24) is 0 Å². The van der Waals surface area contributed by atoms with Crippen LogP contribution in [0.15, 0.2) is 24.3 Å². The Morgan fingerprint density at radius 3 is 2.50 bits per heavy atom. The highest BCUT2D eigenvalue weighted by Gasteiger charge is 2.22. The maximum Gasteiger partial charge on any atom is 0.123 e. The molecule has 1 atom stereocenters. The SMILES string of the molecule is CC(C)(C)C(Cl)Cc1cccc(F)c1. The Balaban J connectivity index is 2.70. The molecule has 0 fully saturated rings. The lowest BCUT2D eigenvalue weighted by Crippen LogP contribution is -2.22. The van der Waals surface area contributed by atoms with E-state index in [2.05, 4.69) is 20.8 Å². The van der Waals surface area contributed by atoms with Crippen LogP contribution in [-0.2, 0) is 6.42 Å². The van der Waals surface area contributed by atoms with Crippen LogP contribution < -0.4 is 0 Å². The van der Waals surface area contributed by atoms with Gasteiger partial charge in [0.15, 0.2) is 0 Å². The first kappa shape index (κ1) is 11.5. The van der Waals surface area contributed by atoms with Crippen molar-refractivity contribution in [2.45, 2.75) is 32.6 Å². The van der Waals surface area contributed by atoms with Gasteiger partial charge in [-0.05, 0) is 29.5 Å². The average Bonchev–Trinajstić information content (AvgIpc) is 2.02. The normalized spacial score (nSPS) is 14.1. The van der Waals surface area contributed by atoms with Gasteiger partial charge in [0.05, 0.1) is 0 Å². The number of rotatable bonds is 2. The van der Waals surface area contributed by atoms with E-state index in [0.717, 1.165) is 5.56 Å². The highest BCUT2D eigenvalue weighted by molar-refractivity contribution is 6.21. The Kier molecular flexibility index (Phi) is 3.54. The Morgan fingerprint density at radius 2 is 2.00 bits per heavy atom. The summed E-state index contributed by atoms with van der Waals surface area (Å²) in [6.45, 7) is 6.26. The molecule has 0 nitrogen and oxygen atoms in total. The van der Waals surface area contributed by atoms with Gasteiger partial charge in [0.25, 0.3) is 0 Å². The largest absolute Gasteiger partial charge is 0.207 e. The molecule has 0 aromatic heterocycles. The molecule has 0 saturated heterocycles. The third-order valence-corrected chi connectivity index (χ3v) is 3.05. The van der Waals surface area contributed by atoms with E-state index in [1.54, 1.807) is 12.1 Å². The van der Waals surface area contributed by atoms with Crippen molar-refractivity contribution in [2.24, 2.45) is 5.41 Å². The van der Waals surface area contributed by atoms with Gasteiger partial charge >= 0.3 is 0 Å². The molecule has 0 N–H and O–H groups in total. The number of hydrogen-bond acceptors (Lipinski definition) is 0. The summed E-state index contributed by atoms with van der Waals surface area (Å²) in [5.41, 5.74) is 1.01. The van der Waals surface area contributed by atoms with E-state index in [9.17, 15) is 4.39 Å². The van der Waals surface area contributed by atoms with Gasteiger partial charge < -0.3 is 0 Å². The van der Waals surface area contributed by atoms with E-state index < -0.39 is 0 Å². The summed E-state index contributed by atoms with van der Waals surface area (Å²) in [6.07, 6.45) is 0.711. The van der Waals surface area contributed by atoms with Crippen molar-refractivity contribution in [3.05, 3.63) is 35.6 Å². The van der Waals surface area contributed by atoms with E-state index in [1.807, 2.05) is 6.07 Å². The molecule has 0 spiro atoms. The average molecular weight is 215 g/mol. The number of benzene rings is 1. The molecular weight excluding hydrogens is 199 g/mol. The fourth-order valence-corrected chi connectivity index (χ4v) is 1.36. The fourth-order valence-electron chi connectivity index (χ4n) is 1.18. The Hall–Kier alpha value is -0.560. The van der Waals surface area contributed by atoms with Crippen molar-refractivity contribution >= 4 is 11.6 Å². The second-order valence-electron chi connectivity index (χ2n) is 4.67. The lowest BCUT2D eigenvalue weighted by atomic mass is 9.88. The van der Waals surface area contributed by atoms with Gasteiger partial charge in [0.2, 0.25) is 0 Å². The minimum absolute atomic E-state index is 0.0318. The van der Waals surface area contributed by atoms with Crippen LogP contribution in [0.25, 0.3) is 0 Å². The van der Waals surface area contributed by atoms with Crippen LogP contribution in [0.2, 0.25) is 0 Å². The monoisotopic (exact) mass is 214 g/mol. The highest BCUT2D eigenvalue weighted by atomic mass is 35.5. The molecule has 0 aliphatic carbocycles. The van der Waals surface area contributed by atoms with E-state index in [1.165, 1.54) is 6.07 Å². The minimum atomic E-state index is -0.194. The zero-order chi connectivity index (χ0) is 10.8. The van der Waals surface area contributed by atoms with E-state index in [-0.39, 0.29) is 16.6 Å². The standard InChI is InChI=1S/C12H16ClF/c1-12(2,3)11(13)8-9-5-4-6-10(14)7-9/h4-7,11H,8H2,1-3H3. The van der Waals surface area contributed by atoms with Crippen molar-refractivity contribution in [1.29, 1.82) is 0 Å². The quantitative estimate of drug-likeness (QED) is 0.653. The summed E-state index contributed by atoms with van der Waals surface area (Å²) in [4.78, 5) is 0. The second-order valence-corrected chi connectivity index (χ2v) is 5.19. The van der Waals surface area contributed by atoms with Gasteiger partial charge in [-0.3, -0.25) is 0 Å². The third-order valence-electron chi connectivity index (χ3n) is 2.24. The molecule has 1 aromatic carbocycles. The first-order chi connectivity index (χ1) is 6.39. The van der Waals surface area contributed by atoms with Crippen LogP contribution in [0.3, 0.4) is 0 Å². The Morgan fingerprint density at radius 1 is 1.36 bits per heavy atom. The topological polar surface area (TPSA) is 0 Å².